The van der Waals surface area contributed by atoms with Crippen molar-refractivity contribution in [1.82, 2.24) is 14.2 Å². The second kappa shape index (κ2) is 10.3. The van der Waals surface area contributed by atoms with Crippen LogP contribution in [0.2, 0.25) is 0 Å². The van der Waals surface area contributed by atoms with E-state index in [9.17, 15) is 17.6 Å². The highest BCUT2D eigenvalue weighted by Gasteiger charge is 2.32. The summed E-state index contributed by atoms with van der Waals surface area (Å²) in [6, 6.07) is 10.3. The number of aromatic nitrogens is 1. The van der Waals surface area contributed by atoms with Gasteiger partial charge in [0.15, 0.2) is 5.13 Å². The van der Waals surface area contributed by atoms with E-state index in [1.807, 2.05) is 32.8 Å². The first-order chi connectivity index (χ1) is 16.5. The molecule has 1 amide bonds. The van der Waals surface area contributed by atoms with Crippen LogP contribution in [-0.4, -0.2) is 81.0 Å². The number of carbonyl (C=O) groups excluding carboxylic acids is 1. The summed E-state index contributed by atoms with van der Waals surface area (Å²) in [6.45, 7) is 5.22. The lowest BCUT2D eigenvalue weighted by Gasteiger charge is -2.34. The highest BCUT2D eigenvalue weighted by Crippen LogP contribution is 2.30. The average Bonchev–Trinajstić information content (AvgIpc) is 3.21. The Morgan fingerprint density at radius 3 is 2.40 bits per heavy atom. The number of benzene rings is 2. The smallest absolute Gasteiger partial charge is 0.260 e. The number of hydrogen-bond acceptors (Lipinski definition) is 7. The first-order valence-corrected chi connectivity index (χ1v) is 13.6. The lowest BCUT2D eigenvalue weighted by Crippen LogP contribution is -2.48. The average molecular weight is 521 g/mol. The molecular formula is C24H29FN4O4S2. The van der Waals surface area contributed by atoms with Crippen molar-refractivity contribution in [3.63, 3.8) is 0 Å². The Morgan fingerprint density at radius 1 is 1.11 bits per heavy atom. The van der Waals surface area contributed by atoms with E-state index < -0.39 is 10.0 Å². The molecule has 0 saturated carbocycles. The zero-order chi connectivity index (χ0) is 25.3. The summed E-state index contributed by atoms with van der Waals surface area (Å²) >= 11 is 1.24. The van der Waals surface area contributed by atoms with Gasteiger partial charge in [0.25, 0.3) is 5.91 Å². The molecule has 0 aliphatic carbocycles. The van der Waals surface area contributed by atoms with Crippen LogP contribution in [-0.2, 0) is 14.8 Å². The van der Waals surface area contributed by atoms with Crippen molar-refractivity contribution in [1.29, 1.82) is 0 Å². The lowest BCUT2D eigenvalue weighted by atomic mass is 10.2. The minimum atomic E-state index is -3.71. The van der Waals surface area contributed by atoms with Crippen LogP contribution in [0.15, 0.2) is 47.4 Å². The van der Waals surface area contributed by atoms with Crippen molar-refractivity contribution in [2.75, 3.05) is 45.2 Å². The van der Waals surface area contributed by atoms with Gasteiger partial charge in [0.05, 0.1) is 27.3 Å². The quantitative estimate of drug-likeness (QED) is 0.475. The molecule has 8 nitrogen and oxygen atoms in total. The number of morpholine rings is 1. The van der Waals surface area contributed by atoms with Gasteiger partial charge in [-0.05, 0) is 70.4 Å². The topological polar surface area (TPSA) is 83.1 Å². The third kappa shape index (κ3) is 5.70. The maximum absolute atomic E-state index is 13.7. The second-order valence-corrected chi connectivity index (χ2v) is 11.9. The van der Waals surface area contributed by atoms with Crippen LogP contribution in [0.3, 0.4) is 0 Å². The molecule has 35 heavy (non-hydrogen) atoms. The van der Waals surface area contributed by atoms with Crippen molar-refractivity contribution < 1.29 is 22.3 Å². The van der Waals surface area contributed by atoms with E-state index in [1.54, 1.807) is 11.0 Å². The largest absolute Gasteiger partial charge is 0.373 e. The fourth-order valence-electron chi connectivity index (χ4n) is 3.99. The van der Waals surface area contributed by atoms with Gasteiger partial charge in [-0.3, -0.25) is 9.69 Å². The van der Waals surface area contributed by atoms with E-state index in [2.05, 4.69) is 4.98 Å². The van der Waals surface area contributed by atoms with Gasteiger partial charge in [0, 0.05) is 31.7 Å². The fraction of sp³-hybridized carbons (Fsp3) is 0.417. The van der Waals surface area contributed by atoms with Crippen molar-refractivity contribution >= 4 is 42.6 Å². The summed E-state index contributed by atoms with van der Waals surface area (Å²) in [5.74, 6) is -0.663. The first kappa shape index (κ1) is 25.6. The Kier molecular flexibility index (Phi) is 7.53. The molecule has 0 N–H and O–H groups in total. The SMILES string of the molecule is C[C@H]1CN(S(=O)(=O)c2ccc(C(=O)N(CCN(C)C)c3nc4ccc(F)cc4s3)cc2)C[C@H](C)O1. The molecule has 0 spiro atoms. The third-order valence-corrected chi connectivity index (χ3v) is 8.60. The third-order valence-electron chi connectivity index (χ3n) is 5.71. The van der Waals surface area contributed by atoms with E-state index in [-0.39, 0.29) is 41.9 Å². The zero-order valence-corrected chi connectivity index (χ0v) is 21.8. The normalized spacial score (nSPS) is 19.4. The van der Waals surface area contributed by atoms with Gasteiger partial charge in [0.1, 0.15) is 5.82 Å². The van der Waals surface area contributed by atoms with Crippen LogP contribution in [0.4, 0.5) is 9.52 Å². The molecule has 1 aromatic heterocycles. The van der Waals surface area contributed by atoms with Gasteiger partial charge in [0.2, 0.25) is 10.0 Å². The number of thiazole rings is 1. The Bertz CT molecular complexity index is 1300. The minimum Gasteiger partial charge on any atom is -0.373 e. The summed E-state index contributed by atoms with van der Waals surface area (Å²) < 4.78 is 47.7. The van der Waals surface area contributed by atoms with Crippen molar-refractivity contribution in [2.45, 2.75) is 31.0 Å². The van der Waals surface area contributed by atoms with E-state index in [0.717, 1.165) is 0 Å². The van der Waals surface area contributed by atoms with Crippen LogP contribution in [0.5, 0.6) is 0 Å². The van der Waals surface area contributed by atoms with E-state index in [1.165, 1.54) is 52.0 Å². The highest BCUT2D eigenvalue weighted by atomic mass is 32.2. The standard InChI is InChI=1S/C24H29FN4O4S2/c1-16-14-28(15-17(2)33-16)35(31,32)20-8-5-18(6-9-20)23(30)29(12-11-27(3)4)24-26-21-10-7-19(25)13-22(21)34-24/h5-10,13,16-17H,11-12,14-15H2,1-4H3/t16-,17-/m0/s1. The fourth-order valence-corrected chi connectivity index (χ4v) is 6.59. The molecule has 0 radical (unpaired) electrons. The van der Waals surface area contributed by atoms with Crippen LogP contribution >= 0.6 is 11.3 Å². The van der Waals surface area contributed by atoms with Gasteiger partial charge < -0.3 is 9.64 Å². The summed E-state index contributed by atoms with van der Waals surface area (Å²) in [6.07, 6.45) is -0.385. The summed E-state index contributed by atoms with van der Waals surface area (Å²) in [5, 5.41) is 0.463. The minimum absolute atomic E-state index is 0.130. The Hall–Kier alpha value is -2.44. The molecule has 1 aliphatic heterocycles. The maximum atomic E-state index is 13.7. The number of likely N-dealkylation sites (N-methyl/N-ethyl adjacent to an activating group) is 1. The number of rotatable bonds is 7. The predicted molar refractivity (Wildman–Crippen MR) is 135 cm³/mol. The molecule has 1 saturated heterocycles. The van der Waals surface area contributed by atoms with Crippen molar-refractivity contribution in [3.8, 4) is 0 Å². The molecule has 3 aromatic rings. The van der Waals surface area contributed by atoms with Crippen molar-refractivity contribution in [2.24, 2.45) is 0 Å². The van der Waals surface area contributed by atoms with Gasteiger partial charge >= 0.3 is 0 Å². The van der Waals surface area contributed by atoms with E-state index >= 15 is 0 Å². The summed E-state index contributed by atoms with van der Waals surface area (Å²) in [5.41, 5.74) is 0.960. The van der Waals surface area contributed by atoms with Crippen LogP contribution < -0.4 is 4.90 Å². The maximum Gasteiger partial charge on any atom is 0.260 e. The number of nitrogens with zero attached hydrogens (tertiary/aromatic N) is 4. The molecule has 1 aliphatic rings. The van der Waals surface area contributed by atoms with Gasteiger partial charge in [-0.15, -0.1) is 0 Å². The van der Waals surface area contributed by atoms with Crippen LogP contribution in [0.25, 0.3) is 10.2 Å². The molecular weight excluding hydrogens is 491 g/mol. The Labute approximate surface area is 209 Å². The number of ether oxygens (including phenoxy) is 1. The van der Waals surface area contributed by atoms with Crippen molar-refractivity contribution in [3.05, 3.63) is 53.8 Å². The van der Waals surface area contributed by atoms with E-state index in [4.69, 9.17) is 4.74 Å². The molecule has 2 aromatic carbocycles. The number of fused-ring (bicyclic) bond motifs is 1. The number of halogens is 1. The monoisotopic (exact) mass is 520 g/mol. The molecule has 1 fully saturated rings. The Morgan fingerprint density at radius 2 is 1.77 bits per heavy atom. The lowest BCUT2D eigenvalue weighted by molar-refractivity contribution is -0.0440. The van der Waals surface area contributed by atoms with Crippen LogP contribution in [0, 0.1) is 5.82 Å². The zero-order valence-electron chi connectivity index (χ0n) is 20.1. The number of hydrogen-bond donors (Lipinski definition) is 0. The molecule has 11 heteroatoms. The number of sulfonamides is 1. The highest BCUT2D eigenvalue weighted by molar-refractivity contribution is 7.89. The summed E-state index contributed by atoms with van der Waals surface area (Å²) in [7, 11) is 0.103. The van der Waals surface area contributed by atoms with Crippen LogP contribution in [0.1, 0.15) is 24.2 Å². The second-order valence-electron chi connectivity index (χ2n) is 8.97. The number of carbonyl (C=O) groups is 1. The molecule has 2 heterocycles. The van der Waals surface area contributed by atoms with Gasteiger partial charge in [-0.2, -0.15) is 4.31 Å². The molecule has 0 bridgehead atoms. The Balaban J connectivity index is 1.60. The first-order valence-electron chi connectivity index (χ1n) is 11.3. The van der Waals surface area contributed by atoms with Gasteiger partial charge in [-0.25, -0.2) is 17.8 Å². The molecule has 188 valence electrons. The van der Waals surface area contributed by atoms with E-state index in [0.29, 0.717) is 34.0 Å². The molecule has 4 rings (SSSR count). The van der Waals surface area contributed by atoms with Gasteiger partial charge in [-0.1, -0.05) is 11.3 Å². The molecule has 2 atom stereocenters. The number of amides is 1. The predicted octanol–water partition coefficient (Wildman–Crippen LogP) is 3.44. The number of anilines is 1. The summed E-state index contributed by atoms with van der Waals surface area (Å²) in [4.78, 5) is 21.6. The molecule has 0 unspecified atom stereocenters.